The van der Waals surface area contributed by atoms with Gasteiger partial charge in [-0.25, -0.2) is 13.2 Å². The standard InChI is InChI=1S/C21H24N2O6S2/c1-14-16(21(25)28-2)5-4-6-18(14)22-31(26,27)15-7-8-19(30-3)17(13-15)20(24)23-9-11-29-12-10-23/h4-8,13,22H,9-12H2,1-3H3. The first kappa shape index (κ1) is 23.1. The van der Waals surface area contributed by atoms with Crippen LogP contribution in [0.5, 0.6) is 0 Å². The van der Waals surface area contributed by atoms with Crippen LogP contribution < -0.4 is 4.72 Å². The summed E-state index contributed by atoms with van der Waals surface area (Å²) in [5, 5.41) is 0. The number of esters is 1. The molecule has 0 spiro atoms. The van der Waals surface area contributed by atoms with Crippen molar-refractivity contribution >= 4 is 39.3 Å². The predicted octanol–water partition coefficient (Wildman–Crippen LogP) is 2.78. The van der Waals surface area contributed by atoms with Gasteiger partial charge in [-0.05, 0) is 49.1 Å². The van der Waals surface area contributed by atoms with Gasteiger partial charge < -0.3 is 14.4 Å². The zero-order valence-corrected chi connectivity index (χ0v) is 19.1. The molecule has 1 fully saturated rings. The van der Waals surface area contributed by atoms with Crippen LogP contribution in [0.1, 0.15) is 26.3 Å². The number of sulfonamides is 1. The number of ether oxygens (including phenoxy) is 2. The summed E-state index contributed by atoms with van der Waals surface area (Å²) < 4.78 is 38.7. The number of nitrogens with one attached hydrogen (secondary N) is 1. The lowest BCUT2D eigenvalue weighted by molar-refractivity contribution is 0.0300. The fourth-order valence-electron chi connectivity index (χ4n) is 3.24. The molecule has 0 radical (unpaired) electrons. The van der Waals surface area contributed by atoms with Gasteiger partial charge in [0.15, 0.2) is 0 Å². The van der Waals surface area contributed by atoms with Gasteiger partial charge in [0.25, 0.3) is 15.9 Å². The molecule has 2 aromatic carbocycles. The number of amides is 1. The number of hydrogen-bond acceptors (Lipinski definition) is 7. The molecule has 2 aromatic rings. The van der Waals surface area contributed by atoms with Crippen LogP contribution in [0, 0.1) is 6.92 Å². The maximum absolute atomic E-state index is 13.1. The molecular weight excluding hydrogens is 440 g/mol. The monoisotopic (exact) mass is 464 g/mol. The van der Waals surface area contributed by atoms with Crippen LogP contribution in [0.25, 0.3) is 0 Å². The van der Waals surface area contributed by atoms with E-state index in [4.69, 9.17) is 9.47 Å². The molecule has 166 valence electrons. The molecule has 1 aliphatic heterocycles. The SMILES string of the molecule is COC(=O)c1cccc(NS(=O)(=O)c2ccc(SC)c(C(=O)N3CCOCC3)c2)c1C. The predicted molar refractivity (Wildman–Crippen MR) is 118 cm³/mol. The molecule has 1 N–H and O–H groups in total. The Labute approximate surface area is 186 Å². The van der Waals surface area contributed by atoms with Crippen LogP contribution >= 0.6 is 11.8 Å². The van der Waals surface area contributed by atoms with Crippen molar-refractivity contribution < 1.29 is 27.5 Å². The van der Waals surface area contributed by atoms with E-state index < -0.39 is 16.0 Å². The summed E-state index contributed by atoms with van der Waals surface area (Å²) in [6, 6.07) is 9.18. The average Bonchev–Trinajstić information content (AvgIpc) is 2.79. The van der Waals surface area contributed by atoms with Crippen LogP contribution in [0.15, 0.2) is 46.2 Å². The van der Waals surface area contributed by atoms with Gasteiger partial charge in [-0.3, -0.25) is 9.52 Å². The molecule has 8 nitrogen and oxygen atoms in total. The first-order valence-corrected chi connectivity index (χ1v) is 12.2. The van der Waals surface area contributed by atoms with E-state index in [0.29, 0.717) is 42.3 Å². The van der Waals surface area contributed by atoms with Gasteiger partial charge in [-0.2, -0.15) is 0 Å². The maximum Gasteiger partial charge on any atom is 0.338 e. The molecule has 0 unspecified atom stereocenters. The number of hydrogen-bond donors (Lipinski definition) is 1. The van der Waals surface area contributed by atoms with E-state index in [2.05, 4.69) is 4.72 Å². The molecular formula is C21H24N2O6S2. The van der Waals surface area contributed by atoms with E-state index >= 15 is 0 Å². The normalized spacial score (nSPS) is 14.2. The number of anilines is 1. The zero-order valence-electron chi connectivity index (χ0n) is 17.5. The Morgan fingerprint density at radius 3 is 2.48 bits per heavy atom. The fraction of sp³-hybridized carbons (Fsp3) is 0.333. The van der Waals surface area contributed by atoms with Crippen LogP contribution in [-0.2, 0) is 19.5 Å². The van der Waals surface area contributed by atoms with E-state index in [0.717, 1.165) is 0 Å². The second-order valence-corrected chi connectivity index (χ2v) is 9.37. The van der Waals surface area contributed by atoms with Crippen molar-refractivity contribution in [2.75, 3.05) is 44.4 Å². The highest BCUT2D eigenvalue weighted by Gasteiger charge is 2.25. The number of benzene rings is 2. The zero-order chi connectivity index (χ0) is 22.6. The third kappa shape index (κ3) is 5.03. The summed E-state index contributed by atoms with van der Waals surface area (Å²) >= 11 is 1.38. The number of carbonyl (C=O) groups is 2. The van der Waals surface area contributed by atoms with Crippen molar-refractivity contribution in [3.63, 3.8) is 0 Å². The number of carbonyl (C=O) groups excluding carboxylic acids is 2. The second-order valence-electron chi connectivity index (χ2n) is 6.84. The largest absolute Gasteiger partial charge is 0.465 e. The van der Waals surface area contributed by atoms with Gasteiger partial charge in [0.05, 0.1) is 42.0 Å². The van der Waals surface area contributed by atoms with Crippen molar-refractivity contribution in [2.45, 2.75) is 16.7 Å². The molecule has 1 aliphatic rings. The molecule has 31 heavy (non-hydrogen) atoms. The van der Waals surface area contributed by atoms with Gasteiger partial charge in [0, 0.05) is 18.0 Å². The van der Waals surface area contributed by atoms with Gasteiger partial charge in [-0.15, -0.1) is 11.8 Å². The summed E-state index contributed by atoms with van der Waals surface area (Å²) in [5.74, 6) is -0.783. The first-order chi connectivity index (χ1) is 14.8. The fourth-order valence-corrected chi connectivity index (χ4v) is 4.96. The Morgan fingerprint density at radius 2 is 1.84 bits per heavy atom. The molecule has 10 heteroatoms. The average molecular weight is 465 g/mol. The number of nitrogens with zero attached hydrogens (tertiary/aromatic N) is 1. The summed E-state index contributed by atoms with van der Waals surface area (Å²) in [6.45, 7) is 3.46. The lowest BCUT2D eigenvalue weighted by atomic mass is 10.1. The number of methoxy groups -OCH3 is 1. The first-order valence-electron chi connectivity index (χ1n) is 9.54. The van der Waals surface area contributed by atoms with Gasteiger partial charge in [0.1, 0.15) is 0 Å². The van der Waals surface area contributed by atoms with Crippen LogP contribution in [0.3, 0.4) is 0 Å². The van der Waals surface area contributed by atoms with Crippen molar-refractivity contribution in [3.8, 4) is 0 Å². The smallest absolute Gasteiger partial charge is 0.338 e. The maximum atomic E-state index is 13.1. The van der Waals surface area contributed by atoms with Gasteiger partial charge in [-0.1, -0.05) is 6.07 Å². The molecule has 1 amide bonds. The molecule has 0 aromatic heterocycles. The molecule has 0 aliphatic carbocycles. The van der Waals surface area contributed by atoms with E-state index in [1.807, 2.05) is 6.26 Å². The molecule has 1 saturated heterocycles. The summed E-state index contributed by atoms with van der Waals surface area (Å²) in [5.41, 5.74) is 1.31. The van der Waals surface area contributed by atoms with E-state index in [1.54, 1.807) is 36.1 Å². The second kappa shape index (κ2) is 9.71. The summed E-state index contributed by atoms with van der Waals surface area (Å²) in [6.07, 6.45) is 1.83. The minimum Gasteiger partial charge on any atom is -0.465 e. The van der Waals surface area contributed by atoms with E-state index in [1.165, 1.54) is 31.0 Å². The Balaban J connectivity index is 1.95. The lowest BCUT2D eigenvalue weighted by Gasteiger charge is -2.27. The highest BCUT2D eigenvalue weighted by Crippen LogP contribution is 2.28. The molecule has 3 rings (SSSR count). The molecule has 0 bridgehead atoms. The highest BCUT2D eigenvalue weighted by atomic mass is 32.2. The Kier molecular flexibility index (Phi) is 7.24. The van der Waals surface area contributed by atoms with Crippen molar-refractivity contribution in [1.82, 2.24) is 4.90 Å². The molecule has 1 heterocycles. The van der Waals surface area contributed by atoms with Gasteiger partial charge in [0.2, 0.25) is 0 Å². The minimum atomic E-state index is -4.00. The molecule has 0 atom stereocenters. The number of thioether (sulfide) groups is 1. The highest BCUT2D eigenvalue weighted by molar-refractivity contribution is 7.98. The van der Waals surface area contributed by atoms with Crippen LogP contribution in [-0.4, -0.2) is 64.9 Å². The van der Waals surface area contributed by atoms with E-state index in [9.17, 15) is 18.0 Å². The summed E-state index contributed by atoms with van der Waals surface area (Å²) in [7, 11) is -2.74. The quantitative estimate of drug-likeness (QED) is 0.518. The third-order valence-electron chi connectivity index (χ3n) is 4.99. The minimum absolute atomic E-state index is 0.0372. The number of rotatable bonds is 6. The van der Waals surface area contributed by atoms with Gasteiger partial charge >= 0.3 is 5.97 Å². The van der Waals surface area contributed by atoms with E-state index in [-0.39, 0.29) is 22.1 Å². The Hall–Kier alpha value is -2.56. The Morgan fingerprint density at radius 1 is 1.13 bits per heavy atom. The third-order valence-corrected chi connectivity index (χ3v) is 7.15. The lowest BCUT2D eigenvalue weighted by Crippen LogP contribution is -2.41. The van der Waals surface area contributed by atoms with Crippen LogP contribution in [0.2, 0.25) is 0 Å². The van der Waals surface area contributed by atoms with Crippen molar-refractivity contribution in [1.29, 1.82) is 0 Å². The summed E-state index contributed by atoms with van der Waals surface area (Å²) in [4.78, 5) is 27.2. The van der Waals surface area contributed by atoms with Crippen molar-refractivity contribution in [2.24, 2.45) is 0 Å². The topological polar surface area (TPSA) is 102 Å². The van der Waals surface area contributed by atoms with Crippen molar-refractivity contribution in [3.05, 3.63) is 53.1 Å². The van der Waals surface area contributed by atoms with Crippen LogP contribution in [0.4, 0.5) is 5.69 Å². The Bertz CT molecular complexity index is 1100. The number of morpholine rings is 1. The molecule has 0 saturated carbocycles.